The number of benzene rings is 2. The monoisotopic (exact) mass is 385 g/mol. The number of nitrogens with one attached hydrogen (secondary N) is 3. The van der Waals surface area contributed by atoms with E-state index in [2.05, 4.69) is 16.0 Å². The number of halogens is 1. The van der Waals surface area contributed by atoms with Crippen LogP contribution in [0.4, 0.5) is 5.69 Å². The number of anilines is 1. The van der Waals surface area contributed by atoms with E-state index >= 15 is 0 Å². The Morgan fingerprint density at radius 2 is 1.52 bits per heavy atom. The van der Waals surface area contributed by atoms with Gasteiger partial charge in [-0.05, 0) is 49.2 Å². The van der Waals surface area contributed by atoms with Crippen LogP contribution in [-0.2, 0) is 4.79 Å². The number of hydrogen-bond donors (Lipinski definition) is 3. The van der Waals surface area contributed by atoms with Gasteiger partial charge in [0.2, 0.25) is 5.91 Å². The first kappa shape index (κ1) is 18.9. The maximum absolute atomic E-state index is 12.1. The topological polar surface area (TPSA) is 87.3 Å². The van der Waals surface area contributed by atoms with Gasteiger partial charge in [-0.2, -0.15) is 0 Å². The van der Waals surface area contributed by atoms with Crippen LogP contribution in [-0.4, -0.2) is 30.8 Å². The summed E-state index contributed by atoms with van der Waals surface area (Å²) < 4.78 is 0. The van der Waals surface area contributed by atoms with Crippen LogP contribution in [0.25, 0.3) is 0 Å². The highest BCUT2D eigenvalue weighted by molar-refractivity contribution is 6.33. The Morgan fingerprint density at radius 3 is 2.15 bits per heavy atom. The molecule has 3 N–H and O–H groups in total. The summed E-state index contributed by atoms with van der Waals surface area (Å²) in [6.07, 6.45) is 1.89. The molecule has 1 aliphatic rings. The predicted molar refractivity (Wildman–Crippen MR) is 104 cm³/mol. The summed E-state index contributed by atoms with van der Waals surface area (Å²) in [5, 5.41) is 8.65. The maximum atomic E-state index is 12.1. The Bertz CT molecular complexity index is 848. The minimum absolute atomic E-state index is 0.0291. The summed E-state index contributed by atoms with van der Waals surface area (Å²) in [6, 6.07) is 13.5. The molecule has 0 radical (unpaired) electrons. The van der Waals surface area contributed by atoms with Crippen LogP contribution in [0, 0.1) is 5.92 Å². The fourth-order valence-corrected chi connectivity index (χ4v) is 2.71. The van der Waals surface area contributed by atoms with Gasteiger partial charge in [-0.3, -0.25) is 14.4 Å². The van der Waals surface area contributed by atoms with Crippen molar-refractivity contribution in [3.63, 3.8) is 0 Å². The quantitative estimate of drug-likeness (QED) is 0.640. The summed E-state index contributed by atoms with van der Waals surface area (Å²) in [7, 11) is 0. The van der Waals surface area contributed by atoms with Crippen molar-refractivity contribution >= 4 is 35.0 Å². The van der Waals surface area contributed by atoms with Gasteiger partial charge in [-0.15, -0.1) is 0 Å². The van der Waals surface area contributed by atoms with Crippen LogP contribution >= 0.6 is 11.6 Å². The van der Waals surface area contributed by atoms with Gasteiger partial charge in [0.15, 0.2) is 0 Å². The Kier molecular flexibility index (Phi) is 6.08. The van der Waals surface area contributed by atoms with Crippen LogP contribution in [0.15, 0.2) is 48.5 Å². The second-order valence-electron chi connectivity index (χ2n) is 6.33. The highest BCUT2D eigenvalue weighted by Crippen LogP contribution is 2.30. The van der Waals surface area contributed by atoms with Crippen molar-refractivity contribution in [3.8, 4) is 0 Å². The van der Waals surface area contributed by atoms with Crippen molar-refractivity contribution in [1.29, 1.82) is 0 Å². The molecule has 0 atom stereocenters. The molecule has 1 saturated carbocycles. The lowest BCUT2D eigenvalue weighted by Crippen LogP contribution is -2.34. The van der Waals surface area contributed by atoms with E-state index < -0.39 is 0 Å². The number of rotatable bonds is 7. The first-order chi connectivity index (χ1) is 13.0. The Labute approximate surface area is 162 Å². The first-order valence-electron chi connectivity index (χ1n) is 8.76. The third-order valence-corrected chi connectivity index (χ3v) is 4.51. The fourth-order valence-electron chi connectivity index (χ4n) is 2.49. The van der Waals surface area contributed by atoms with Gasteiger partial charge in [-0.1, -0.05) is 23.7 Å². The molecule has 0 aromatic heterocycles. The first-order valence-corrected chi connectivity index (χ1v) is 9.14. The molecule has 27 heavy (non-hydrogen) atoms. The van der Waals surface area contributed by atoms with Crippen molar-refractivity contribution in [3.05, 3.63) is 64.7 Å². The molecule has 3 rings (SSSR count). The molecule has 1 aliphatic carbocycles. The average Bonchev–Trinajstić information content (AvgIpc) is 3.51. The van der Waals surface area contributed by atoms with E-state index in [-0.39, 0.29) is 36.7 Å². The van der Waals surface area contributed by atoms with E-state index in [4.69, 9.17) is 11.6 Å². The molecule has 2 aromatic carbocycles. The molecule has 0 unspecified atom stereocenters. The zero-order valence-corrected chi connectivity index (χ0v) is 15.4. The lowest BCUT2D eigenvalue weighted by Gasteiger charge is -2.09. The Hall–Kier alpha value is -2.86. The highest BCUT2D eigenvalue weighted by Gasteiger charge is 2.29. The van der Waals surface area contributed by atoms with Crippen molar-refractivity contribution in [2.45, 2.75) is 12.8 Å². The standard InChI is InChI=1S/C20H20ClN3O3/c21-17-4-2-1-3-16(17)20(27)23-12-11-22-18(25)13-7-9-15(10-8-13)24-19(26)14-5-6-14/h1-4,7-10,14H,5-6,11-12H2,(H,22,25)(H,23,27)(H,24,26). The molecular weight excluding hydrogens is 366 g/mol. The summed E-state index contributed by atoms with van der Waals surface area (Å²) in [6.45, 7) is 0.570. The summed E-state index contributed by atoms with van der Waals surface area (Å²) in [5.41, 5.74) is 1.56. The minimum atomic E-state index is -0.286. The van der Waals surface area contributed by atoms with Gasteiger partial charge in [0, 0.05) is 30.3 Å². The fraction of sp³-hybridized carbons (Fsp3) is 0.250. The zero-order valence-electron chi connectivity index (χ0n) is 14.6. The van der Waals surface area contributed by atoms with Gasteiger partial charge in [0.05, 0.1) is 10.6 Å². The predicted octanol–water partition coefficient (Wildman–Crippen LogP) is 2.85. The molecule has 0 spiro atoms. The largest absolute Gasteiger partial charge is 0.350 e. The van der Waals surface area contributed by atoms with Crippen molar-refractivity contribution in [1.82, 2.24) is 10.6 Å². The third-order valence-electron chi connectivity index (χ3n) is 4.18. The number of hydrogen-bond acceptors (Lipinski definition) is 3. The van der Waals surface area contributed by atoms with Crippen LogP contribution in [0.2, 0.25) is 5.02 Å². The van der Waals surface area contributed by atoms with E-state index in [1.54, 1.807) is 48.5 Å². The second kappa shape index (κ2) is 8.68. The van der Waals surface area contributed by atoms with E-state index in [0.717, 1.165) is 12.8 Å². The maximum Gasteiger partial charge on any atom is 0.252 e. The lowest BCUT2D eigenvalue weighted by atomic mass is 10.2. The molecule has 0 aliphatic heterocycles. The molecule has 0 heterocycles. The smallest absolute Gasteiger partial charge is 0.252 e. The normalized spacial score (nSPS) is 12.9. The van der Waals surface area contributed by atoms with Crippen molar-refractivity contribution in [2.24, 2.45) is 5.92 Å². The molecular formula is C20H20ClN3O3. The van der Waals surface area contributed by atoms with Gasteiger partial charge in [0.25, 0.3) is 11.8 Å². The molecule has 3 amide bonds. The molecule has 6 nitrogen and oxygen atoms in total. The second-order valence-corrected chi connectivity index (χ2v) is 6.74. The van der Waals surface area contributed by atoms with Gasteiger partial charge >= 0.3 is 0 Å². The van der Waals surface area contributed by atoms with E-state index in [1.165, 1.54) is 0 Å². The van der Waals surface area contributed by atoms with Crippen LogP contribution in [0.1, 0.15) is 33.6 Å². The molecule has 7 heteroatoms. The SMILES string of the molecule is O=C(NCCNC(=O)c1ccccc1Cl)c1ccc(NC(=O)C2CC2)cc1. The molecule has 2 aromatic rings. The highest BCUT2D eigenvalue weighted by atomic mass is 35.5. The van der Waals surface area contributed by atoms with Gasteiger partial charge in [-0.25, -0.2) is 0 Å². The van der Waals surface area contributed by atoms with Crippen molar-refractivity contribution in [2.75, 3.05) is 18.4 Å². The molecule has 140 valence electrons. The van der Waals surface area contributed by atoms with Crippen LogP contribution < -0.4 is 16.0 Å². The van der Waals surface area contributed by atoms with E-state index in [0.29, 0.717) is 21.8 Å². The molecule has 1 fully saturated rings. The van der Waals surface area contributed by atoms with E-state index in [1.807, 2.05) is 0 Å². The van der Waals surface area contributed by atoms with Gasteiger partial charge < -0.3 is 16.0 Å². The zero-order chi connectivity index (χ0) is 19.2. The number of carbonyl (C=O) groups excluding carboxylic acids is 3. The van der Waals surface area contributed by atoms with Crippen molar-refractivity contribution < 1.29 is 14.4 Å². The number of amides is 3. The average molecular weight is 386 g/mol. The van der Waals surface area contributed by atoms with Gasteiger partial charge in [0.1, 0.15) is 0 Å². The van der Waals surface area contributed by atoms with E-state index in [9.17, 15) is 14.4 Å². The summed E-state index contributed by atoms with van der Waals surface area (Å²) in [4.78, 5) is 35.9. The summed E-state index contributed by atoms with van der Waals surface area (Å²) in [5.74, 6) is -0.372. The lowest BCUT2D eigenvalue weighted by molar-refractivity contribution is -0.117. The third kappa shape index (κ3) is 5.31. The number of carbonyl (C=O) groups is 3. The Balaban J connectivity index is 1.42. The molecule has 0 saturated heterocycles. The summed E-state index contributed by atoms with van der Waals surface area (Å²) >= 11 is 5.97. The van der Waals surface area contributed by atoms with Crippen LogP contribution in [0.5, 0.6) is 0 Å². The van der Waals surface area contributed by atoms with Crippen LogP contribution in [0.3, 0.4) is 0 Å². The minimum Gasteiger partial charge on any atom is -0.350 e. The molecule has 0 bridgehead atoms. The Morgan fingerprint density at radius 1 is 0.889 bits per heavy atom.